The van der Waals surface area contributed by atoms with Crippen LogP contribution >= 0.6 is 23.4 Å². The van der Waals surface area contributed by atoms with Crippen LogP contribution < -0.4 is 9.99 Å². The number of nitro benzene ring substituents is 1. The number of halogens is 1. The number of imidazole rings is 1. The smallest absolute Gasteiger partial charge is 0.272 e. The molecule has 27 heavy (non-hydrogen) atoms. The van der Waals surface area contributed by atoms with Crippen LogP contribution in [0.15, 0.2) is 52.7 Å². The van der Waals surface area contributed by atoms with Gasteiger partial charge in [0, 0.05) is 11.6 Å². The fourth-order valence-electron chi connectivity index (χ4n) is 2.41. The second-order valence-electron chi connectivity index (χ2n) is 5.56. The molecule has 0 aliphatic carbocycles. The van der Waals surface area contributed by atoms with Gasteiger partial charge in [0.2, 0.25) is 0 Å². The third-order valence-corrected chi connectivity index (χ3v) is 5.10. The Labute approximate surface area is 163 Å². The predicted octanol–water partition coefficient (Wildman–Crippen LogP) is 2.80. The number of hydrazone groups is 1. The van der Waals surface area contributed by atoms with Crippen molar-refractivity contribution < 1.29 is 14.3 Å². The molecule has 1 aromatic heterocycles. The Morgan fingerprint density at radius 2 is 2.19 bits per heavy atom. The van der Waals surface area contributed by atoms with Crippen LogP contribution in [0.25, 0.3) is 11.0 Å². The quantitative estimate of drug-likeness (QED) is 0.217. The second kappa shape index (κ2) is 8.19. The zero-order valence-electron chi connectivity index (χ0n) is 14.2. The Hall–Kier alpha value is -2.91. The number of aryl methyl sites for hydroxylation is 1. The average Bonchev–Trinajstić information content (AvgIpc) is 2.97. The van der Waals surface area contributed by atoms with Crippen LogP contribution in [-0.2, 0) is 11.8 Å². The predicted molar refractivity (Wildman–Crippen MR) is 104 cm³/mol. The molecule has 1 heterocycles. The van der Waals surface area contributed by atoms with Crippen molar-refractivity contribution in [1.82, 2.24) is 10.4 Å². The van der Waals surface area contributed by atoms with Crippen LogP contribution in [-0.4, -0.2) is 27.8 Å². The van der Waals surface area contributed by atoms with Crippen LogP contribution in [0.1, 0.15) is 5.56 Å². The van der Waals surface area contributed by atoms with Crippen molar-refractivity contribution in [2.45, 2.75) is 5.16 Å². The van der Waals surface area contributed by atoms with Crippen molar-refractivity contribution in [3.05, 3.63) is 63.2 Å². The number of H-pyrrole nitrogens is 1. The lowest BCUT2D eigenvalue weighted by atomic mass is 10.2. The molecule has 0 atom stereocenters. The van der Waals surface area contributed by atoms with E-state index in [2.05, 4.69) is 15.5 Å². The first-order chi connectivity index (χ1) is 13.0. The molecule has 10 heteroatoms. The highest BCUT2D eigenvalue weighted by Crippen LogP contribution is 2.24. The maximum Gasteiger partial charge on any atom is 0.317 e. The van der Waals surface area contributed by atoms with Gasteiger partial charge in [-0.15, -0.1) is 0 Å². The molecule has 0 aliphatic heterocycles. The minimum Gasteiger partial charge on any atom is -0.272 e. The lowest BCUT2D eigenvalue weighted by molar-refractivity contribution is -0.683. The number of carbonyl (C=O) groups is 1. The molecule has 0 aliphatic rings. The highest BCUT2D eigenvalue weighted by atomic mass is 35.5. The van der Waals surface area contributed by atoms with Gasteiger partial charge in [-0.2, -0.15) is 5.10 Å². The summed E-state index contributed by atoms with van der Waals surface area (Å²) in [5, 5.41) is 15.6. The Kier molecular flexibility index (Phi) is 5.72. The number of benzene rings is 2. The molecule has 0 radical (unpaired) electrons. The molecule has 0 fully saturated rings. The van der Waals surface area contributed by atoms with Crippen LogP contribution in [0.4, 0.5) is 5.69 Å². The molecule has 0 bridgehead atoms. The molecule has 0 saturated heterocycles. The Morgan fingerprint density at radius 1 is 1.41 bits per heavy atom. The van der Waals surface area contributed by atoms with E-state index in [1.807, 2.05) is 35.9 Å². The van der Waals surface area contributed by atoms with E-state index in [-0.39, 0.29) is 22.4 Å². The first-order valence-corrected chi connectivity index (χ1v) is 9.17. The highest BCUT2D eigenvalue weighted by molar-refractivity contribution is 7.99. The fourth-order valence-corrected chi connectivity index (χ4v) is 3.40. The highest BCUT2D eigenvalue weighted by Gasteiger charge is 2.16. The van der Waals surface area contributed by atoms with E-state index in [0.29, 0.717) is 5.56 Å². The zero-order chi connectivity index (χ0) is 19.4. The summed E-state index contributed by atoms with van der Waals surface area (Å²) < 4.78 is 1.98. The number of aromatic nitrogens is 2. The summed E-state index contributed by atoms with van der Waals surface area (Å²) in [6.45, 7) is 0. The number of para-hydroxylation sites is 2. The van der Waals surface area contributed by atoms with Gasteiger partial charge in [0.25, 0.3) is 11.6 Å². The van der Waals surface area contributed by atoms with Gasteiger partial charge in [-0.05, 0) is 30.0 Å². The minimum absolute atomic E-state index is 0.0452. The summed E-state index contributed by atoms with van der Waals surface area (Å²) in [5.74, 6) is -0.128. The van der Waals surface area contributed by atoms with Gasteiger partial charge >= 0.3 is 5.16 Å². The number of nitrogens with one attached hydrogen (secondary N) is 2. The van der Waals surface area contributed by atoms with Gasteiger partial charge in [-0.25, -0.2) is 15.0 Å². The fraction of sp³-hybridized carbons (Fsp3) is 0.118. The van der Waals surface area contributed by atoms with E-state index < -0.39 is 4.92 Å². The molecule has 0 saturated carbocycles. The molecular weight excluding hydrogens is 390 g/mol. The number of fused-ring (bicyclic) bond motifs is 1. The molecule has 0 unspecified atom stereocenters. The minimum atomic E-state index is -0.574. The van der Waals surface area contributed by atoms with Crippen molar-refractivity contribution in [2.24, 2.45) is 12.1 Å². The lowest BCUT2D eigenvalue weighted by Crippen LogP contribution is -2.30. The van der Waals surface area contributed by atoms with Crippen LogP contribution in [0.2, 0.25) is 5.02 Å². The van der Waals surface area contributed by atoms with Crippen molar-refractivity contribution in [3.63, 3.8) is 0 Å². The Bertz CT molecular complexity index is 1050. The number of aromatic amines is 1. The van der Waals surface area contributed by atoms with E-state index in [9.17, 15) is 14.9 Å². The van der Waals surface area contributed by atoms with Crippen molar-refractivity contribution in [1.29, 1.82) is 0 Å². The normalized spacial score (nSPS) is 11.2. The van der Waals surface area contributed by atoms with Crippen molar-refractivity contribution >= 4 is 52.2 Å². The maximum absolute atomic E-state index is 12.0. The van der Waals surface area contributed by atoms with Gasteiger partial charge < -0.3 is 0 Å². The lowest BCUT2D eigenvalue weighted by Gasteiger charge is -1.99. The van der Waals surface area contributed by atoms with E-state index in [0.717, 1.165) is 16.2 Å². The molecule has 2 aromatic carbocycles. The van der Waals surface area contributed by atoms with Crippen molar-refractivity contribution in [3.8, 4) is 0 Å². The van der Waals surface area contributed by atoms with E-state index in [1.165, 1.54) is 30.1 Å². The zero-order valence-corrected chi connectivity index (χ0v) is 15.8. The number of carbonyl (C=O) groups excluding carboxylic acids is 1. The third kappa shape index (κ3) is 4.44. The number of thioether (sulfide) groups is 1. The topological polar surface area (TPSA) is 104 Å². The number of amides is 1. The maximum atomic E-state index is 12.0. The largest absolute Gasteiger partial charge is 0.317 e. The Morgan fingerprint density at radius 3 is 2.93 bits per heavy atom. The summed E-state index contributed by atoms with van der Waals surface area (Å²) in [5.41, 5.74) is 4.68. The van der Waals surface area contributed by atoms with Crippen LogP contribution in [0.3, 0.4) is 0 Å². The molecule has 8 nitrogen and oxygen atoms in total. The molecular formula is C17H15ClN5O3S+. The second-order valence-corrected chi connectivity index (χ2v) is 6.93. The van der Waals surface area contributed by atoms with Gasteiger partial charge in [-0.3, -0.25) is 14.9 Å². The van der Waals surface area contributed by atoms with E-state index >= 15 is 0 Å². The summed E-state index contributed by atoms with van der Waals surface area (Å²) >= 11 is 7.10. The van der Waals surface area contributed by atoms with Crippen molar-refractivity contribution in [2.75, 3.05) is 5.75 Å². The number of rotatable bonds is 6. The Balaban J connectivity index is 1.58. The van der Waals surface area contributed by atoms with Crippen LogP contribution in [0.5, 0.6) is 0 Å². The number of hydrogen-bond acceptors (Lipinski definition) is 5. The van der Waals surface area contributed by atoms with E-state index in [4.69, 9.17) is 11.6 Å². The van der Waals surface area contributed by atoms with Gasteiger partial charge in [-0.1, -0.05) is 29.8 Å². The molecule has 0 spiro atoms. The summed E-state index contributed by atoms with van der Waals surface area (Å²) in [6.07, 6.45) is 1.33. The number of hydrogen-bond donors (Lipinski definition) is 2. The van der Waals surface area contributed by atoms with Gasteiger partial charge in [0.05, 0.1) is 23.9 Å². The molecule has 3 rings (SSSR count). The first-order valence-electron chi connectivity index (χ1n) is 7.81. The number of nitro groups is 1. The third-order valence-electron chi connectivity index (χ3n) is 3.72. The first kappa shape index (κ1) is 18.9. The summed E-state index contributed by atoms with van der Waals surface area (Å²) in [4.78, 5) is 25.5. The molecule has 1 amide bonds. The van der Waals surface area contributed by atoms with E-state index in [1.54, 1.807) is 6.07 Å². The molecule has 2 N–H and O–H groups in total. The monoisotopic (exact) mass is 404 g/mol. The summed E-state index contributed by atoms with van der Waals surface area (Å²) in [6, 6.07) is 12.1. The average molecular weight is 405 g/mol. The number of nitrogens with zero attached hydrogens (tertiary/aromatic N) is 3. The molecule has 138 valence electrons. The van der Waals surface area contributed by atoms with Crippen LogP contribution in [0, 0.1) is 10.1 Å². The van der Waals surface area contributed by atoms with Gasteiger partial charge in [0.15, 0.2) is 11.0 Å². The summed E-state index contributed by atoms with van der Waals surface area (Å²) in [7, 11) is 1.92. The SMILES string of the molecule is C[n+]1c(SCC(=O)NN=Cc2ccc(Cl)c([N+](=O)[O-])c2)[nH]c2ccccc21. The van der Waals surface area contributed by atoms with Gasteiger partial charge in [0.1, 0.15) is 5.02 Å². The molecule has 3 aromatic rings. The standard InChI is InChI=1S/C17H14ClN5O3S/c1-22-14-5-3-2-4-13(14)20-17(22)27-10-16(24)21-19-9-11-6-7-12(18)15(8-11)23(25)26/h2-9H,10H2,1H3,(H,21,24)/p+1.